The number of rotatable bonds is 4. The number of nitrogens with two attached hydrogens (primary N) is 1. The summed E-state index contributed by atoms with van der Waals surface area (Å²) >= 11 is 0. The second kappa shape index (κ2) is 8.97. The minimum absolute atomic E-state index is 0.0854. The molecule has 6 N–H and O–H groups in total. The molecule has 0 spiro atoms. The standard InChI is InChI=1S/C27H33N3O7/c1-29(2)20-16-11-15-10-13-6-7-14(12-30-8-4-3-5-9-30)21(31)17(13)22(32)18(15)24(34)27(16,37)25(35)19(23(20)33)26(28)36/h6-7,15-16,20,31-32,35,37H,3-5,8-12H2,1-2H3,(H2,28,36)/t15-,16-,20+,27-/m0/s1. The molecule has 0 aromatic heterocycles. The van der Waals surface area contributed by atoms with Gasteiger partial charge in [0, 0.05) is 23.6 Å². The van der Waals surface area contributed by atoms with Crippen LogP contribution in [0.1, 0.15) is 42.4 Å². The van der Waals surface area contributed by atoms with E-state index in [0.29, 0.717) is 24.1 Å². The molecular formula is C27H33N3O7. The fourth-order valence-corrected chi connectivity index (χ4v) is 6.75. The van der Waals surface area contributed by atoms with Crippen LogP contribution in [-0.4, -0.2) is 86.5 Å². The summed E-state index contributed by atoms with van der Waals surface area (Å²) in [5.74, 6) is -6.27. The molecular weight excluding hydrogens is 478 g/mol. The fourth-order valence-electron chi connectivity index (χ4n) is 6.75. The number of aromatic hydroxyl groups is 1. The van der Waals surface area contributed by atoms with Crippen molar-refractivity contribution in [2.45, 2.75) is 50.3 Å². The Balaban J connectivity index is 1.62. The van der Waals surface area contributed by atoms with Crippen molar-refractivity contribution in [2.75, 3.05) is 27.2 Å². The van der Waals surface area contributed by atoms with Gasteiger partial charge in [0.15, 0.2) is 11.4 Å². The number of carbonyl (C=O) groups excluding carboxylic acids is 3. The number of aliphatic hydroxyl groups is 3. The Labute approximate surface area is 214 Å². The molecule has 10 heteroatoms. The lowest BCUT2D eigenvalue weighted by atomic mass is 9.57. The molecule has 4 atom stereocenters. The van der Waals surface area contributed by atoms with Crippen LogP contribution in [0, 0.1) is 11.8 Å². The number of hydrogen-bond donors (Lipinski definition) is 5. The third-order valence-corrected chi connectivity index (χ3v) is 8.52. The van der Waals surface area contributed by atoms with Gasteiger partial charge < -0.3 is 26.2 Å². The van der Waals surface area contributed by atoms with Crippen LogP contribution in [-0.2, 0) is 27.3 Å². The molecule has 1 aromatic carbocycles. The monoisotopic (exact) mass is 511 g/mol. The van der Waals surface area contributed by atoms with Crippen LogP contribution in [0.15, 0.2) is 29.0 Å². The molecule has 4 aliphatic rings. The average Bonchev–Trinajstić information content (AvgIpc) is 2.83. The highest BCUT2D eigenvalue weighted by molar-refractivity contribution is 6.24. The molecule has 1 aliphatic heterocycles. The van der Waals surface area contributed by atoms with E-state index in [2.05, 4.69) is 4.90 Å². The summed E-state index contributed by atoms with van der Waals surface area (Å²) in [6, 6.07) is 2.59. The fraction of sp³-hybridized carbons (Fsp3) is 0.519. The lowest BCUT2D eigenvalue weighted by Crippen LogP contribution is -2.65. The van der Waals surface area contributed by atoms with Crippen LogP contribution < -0.4 is 5.73 Å². The number of piperidine rings is 1. The van der Waals surface area contributed by atoms with E-state index in [1.807, 2.05) is 12.1 Å². The molecule has 5 rings (SSSR count). The summed E-state index contributed by atoms with van der Waals surface area (Å²) in [5, 5.41) is 45.1. The third-order valence-electron chi connectivity index (χ3n) is 8.52. The maximum Gasteiger partial charge on any atom is 0.255 e. The molecule has 1 saturated carbocycles. The zero-order chi connectivity index (χ0) is 26.8. The number of ketones is 2. The SMILES string of the molecule is CN(C)[C@H]1C(=O)C(C(N)=O)=C(O)[C@@]2(O)C(=O)C3=C(O)c4c(ccc(CN5CCCCC5)c4O)C[C@H]3C[C@@H]12. The highest BCUT2D eigenvalue weighted by Gasteiger charge is 2.64. The number of nitrogens with zero attached hydrogens (tertiary/aromatic N) is 2. The van der Waals surface area contributed by atoms with E-state index in [0.717, 1.165) is 25.9 Å². The predicted octanol–water partition coefficient (Wildman–Crippen LogP) is 0.950. The number of phenols is 1. The third kappa shape index (κ3) is 3.69. The van der Waals surface area contributed by atoms with Crippen LogP contribution in [0.5, 0.6) is 5.75 Å². The number of primary amides is 1. The zero-order valence-electron chi connectivity index (χ0n) is 21.0. The van der Waals surface area contributed by atoms with Crippen molar-refractivity contribution in [3.8, 4) is 5.75 Å². The first-order chi connectivity index (χ1) is 17.5. The Morgan fingerprint density at radius 2 is 1.81 bits per heavy atom. The largest absolute Gasteiger partial charge is 0.508 e. The summed E-state index contributed by atoms with van der Waals surface area (Å²) in [5.41, 5.74) is 3.22. The number of hydrogen-bond acceptors (Lipinski definition) is 9. The van der Waals surface area contributed by atoms with E-state index in [-0.39, 0.29) is 23.3 Å². The first-order valence-electron chi connectivity index (χ1n) is 12.7. The molecule has 198 valence electrons. The summed E-state index contributed by atoms with van der Waals surface area (Å²) < 4.78 is 0. The van der Waals surface area contributed by atoms with Crippen molar-refractivity contribution >= 4 is 23.2 Å². The van der Waals surface area contributed by atoms with Gasteiger partial charge in [-0.3, -0.25) is 24.2 Å². The number of aliphatic hydroxyl groups excluding tert-OH is 2. The molecule has 2 fully saturated rings. The number of phenolic OH excluding ortho intramolecular Hbond substituents is 1. The van der Waals surface area contributed by atoms with Crippen molar-refractivity contribution in [3.63, 3.8) is 0 Å². The van der Waals surface area contributed by atoms with E-state index in [9.17, 15) is 34.8 Å². The van der Waals surface area contributed by atoms with Crippen LogP contribution in [0.4, 0.5) is 0 Å². The molecule has 0 unspecified atom stereocenters. The van der Waals surface area contributed by atoms with Crippen LogP contribution >= 0.6 is 0 Å². The lowest BCUT2D eigenvalue weighted by Gasteiger charge is -2.50. The highest BCUT2D eigenvalue weighted by Crippen LogP contribution is 2.52. The van der Waals surface area contributed by atoms with Crippen molar-refractivity contribution in [1.29, 1.82) is 0 Å². The van der Waals surface area contributed by atoms with Gasteiger partial charge in [-0.15, -0.1) is 0 Å². The van der Waals surface area contributed by atoms with Crippen LogP contribution in [0.3, 0.4) is 0 Å². The summed E-state index contributed by atoms with van der Waals surface area (Å²) in [4.78, 5) is 42.8. The Hall–Kier alpha value is -3.21. The number of fused-ring (bicyclic) bond motifs is 3. The smallest absolute Gasteiger partial charge is 0.255 e. The normalized spacial score (nSPS) is 30.3. The van der Waals surface area contributed by atoms with Gasteiger partial charge in [-0.05, 0) is 64.3 Å². The molecule has 1 heterocycles. The van der Waals surface area contributed by atoms with Crippen molar-refractivity contribution < 1.29 is 34.8 Å². The second-order valence-corrected chi connectivity index (χ2v) is 10.9. The highest BCUT2D eigenvalue weighted by atomic mass is 16.3. The molecule has 0 bridgehead atoms. The predicted molar refractivity (Wildman–Crippen MR) is 133 cm³/mol. The van der Waals surface area contributed by atoms with Gasteiger partial charge in [-0.2, -0.15) is 0 Å². The zero-order valence-corrected chi connectivity index (χ0v) is 21.0. The van der Waals surface area contributed by atoms with Gasteiger partial charge in [0.1, 0.15) is 22.8 Å². The molecule has 1 aromatic rings. The van der Waals surface area contributed by atoms with Gasteiger partial charge in [0.2, 0.25) is 5.78 Å². The number of likely N-dealkylation sites (tertiary alicyclic amines) is 1. The quantitative estimate of drug-likeness (QED) is 0.370. The molecule has 1 amide bonds. The first-order valence-corrected chi connectivity index (χ1v) is 12.7. The van der Waals surface area contributed by atoms with Gasteiger partial charge in [0.25, 0.3) is 5.91 Å². The minimum atomic E-state index is -2.62. The van der Waals surface area contributed by atoms with Crippen molar-refractivity contribution in [3.05, 3.63) is 45.7 Å². The number of amides is 1. The van der Waals surface area contributed by atoms with E-state index >= 15 is 0 Å². The molecule has 1 saturated heterocycles. The average molecular weight is 512 g/mol. The molecule has 3 aliphatic carbocycles. The minimum Gasteiger partial charge on any atom is -0.508 e. The van der Waals surface area contributed by atoms with Crippen LogP contribution in [0.25, 0.3) is 5.76 Å². The number of benzene rings is 1. The lowest BCUT2D eigenvalue weighted by molar-refractivity contribution is -0.153. The van der Waals surface area contributed by atoms with E-state index in [1.54, 1.807) is 14.1 Å². The van der Waals surface area contributed by atoms with Crippen molar-refractivity contribution in [1.82, 2.24) is 9.80 Å². The van der Waals surface area contributed by atoms with Gasteiger partial charge in [0.05, 0.1) is 11.6 Å². The Morgan fingerprint density at radius 1 is 1.14 bits per heavy atom. The number of Topliss-reactive ketones (excluding diaryl/α,β-unsaturated/α-hetero) is 2. The van der Waals surface area contributed by atoms with Gasteiger partial charge >= 0.3 is 0 Å². The van der Waals surface area contributed by atoms with Gasteiger partial charge in [-0.1, -0.05) is 18.6 Å². The Morgan fingerprint density at radius 3 is 2.43 bits per heavy atom. The number of likely N-dealkylation sites (N-methyl/N-ethyl adjacent to an activating group) is 1. The van der Waals surface area contributed by atoms with Crippen LogP contribution in [0.2, 0.25) is 0 Å². The maximum absolute atomic E-state index is 13.9. The van der Waals surface area contributed by atoms with E-state index in [4.69, 9.17) is 5.73 Å². The van der Waals surface area contributed by atoms with E-state index < -0.39 is 58.0 Å². The molecule has 10 nitrogen and oxygen atoms in total. The number of carbonyl (C=O) groups is 3. The second-order valence-electron chi connectivity index (χ2n) is 10.9. The van der Waals surface area contributed by atoms with E-state index in [1.165, 1.54) is 11.3 Å². The molecule has 37 heavy (non-hydrogen) atoms. The topological polar surface area (TPSA) is 165 Å². The Kier molecular flexibility index (Phi) is 6.17. The summed E-state index contributed by atoms with van der Waals surface area (Å²) in [6.07, 6.45) is 3.72. The first kappa shape index (κ1) is 25.4. The van der Waals surface area contributed by atoms with Gasteiger partial charge in [-0.25, -0.2) is 0 Å². The molecule has 0 radical (unpaired) electrons. The summed E-state index contributed by atoms with van der Waals surface area (Å²) in [6.45, 7) is 2.33. The maximum atomic E-state index is 13.9. The van der Waals surface area contributed by atoms with Crippen molar-refractivity contribution in [2.24, 2.45) is 17.6 Å². The Bertz CT molecular complexity index is 1260. The summed E-state index contributed by atoms with van der Waals surface area (Å²) in [7, 11) is 3.16.